The molecular weight excluding hydrogens is 359 g/mol. The molecule has 0 amide bonds. The van der Waals surface area contributed by atoms with Crippen LogP contribution in [0.5, 0.6) is 0 Å². The third-order valence-corrected chi connectivity index (χ3v) is 4.15. The lowest BCUT2D eigenvalue weighted by Gasteiger charge is -2.11. The lowest BCUT2D eigenvalue weighted by molar-refractivity contribution is 0.104. The van der Waals surface area contributed by atoms with Gasteiger partial charge in [-0.25, -0.2) is 19.3 Å². The number of hydrogen-bond acceptors (Lipinski definition) is 5. The summed E-state index contributed by atoms with van der Waals surface area (Å²) in [5, 5.41) is 0.352. The van der Waals surface area contributed by atoms with Crippen molar-refractivity contribution in [3.05, 3.63) is 94.7 Å². The Morgan fingerprint density at radius 1 is 1.07 bits per heavy atom. The van der Waals surface area contributed by atoms with Crippen LogP contribution in [0.25, 0.3) is 28.2 Å². The van der Waals surface area contributed by atoms with Gasteiger partial charge in [0.1, 0.15) is 17.8 Å². The number of fused-ring (bicyclic) bond motifs is 1. The Morgan fingerprint density at radius 3 is 2.57 bits per heavy atom. The standard InChI is InChI=1S/C21H13FN4O2/c22-15-8-16-18(14-4-2-1-3-5-14)19(21(28)26-20(16)25-11-15)17(27)7-6-13-9-23-12-24-10-13/h1-12H,(H,25,26,28)/b7-6+. The first-order chi connectivity index (χ1) is 13.6. The molecule has 4 rings (SSSR count). The fourth-order valence-corrected chi connectivity index (χ4v) is 2.94. The van der Waals surface area contributed by atoms with Crippen LogP contribution in [0, 0.1) is 5.82 Å². The van der Waals surface area contributed by atoms with E-state index in [-0.39, 0.29) is 11.2 Å². The van der Waals surface area contributed by atoms with Crippen molar-refractivity contribution in [2.75, 3.05) is 0 Å². The van der Waals surface area contributed by atoms with Crippen LogP contribution in [0.3, 0.4) is 0 Å². The molecule has 0 aliphatic rings. The van der Waals surface area contributed by atoms with Crippen LogP contribution in [0.2, 0.25) is 0 Å². The van der Waals surface area contributed by atoms with Crippen molar-refractivity contribution in [2.45, 2.75) is 0 Å². The van der Waals surface area contributed by atoms with Gasteiger partial charge >= 0.3 is 0 Å². The summed E-state index contributed by atoms with van der Waals surface area (Å²) in [6.45, 7) is 0. The number of carbonyl (C=O) groups excluding carboxylic acids is 1. The molecule has 3 aromatic heterocycles. The van der Waals surface area contributed by atoms with Crippen molar-refractivity contribution < 1.29 is 9.18 Å². The average molecular weight is 372 g/mol. The molecule has 0 aliphatic heterocycles. The number of ketones is 1. The SMILES string of the molecule is O=C(/C=C/c1cncnc1)c1c(-c2ccccc2)c2cc(F)cnc2[nH]c1=O. The van der Waals surface area contributed by atoms with Crippen molar-refractivity contribution in [1.82, 2.24) is 19.9 Å². The summed E-state index contributed by atoms with van der Waals surface area (Å²) in [4.78, 5) is 39.9. The van der Waals surface area contributed by atoms with E-state index in [4.69, 9.17) is 0 Å². The average Bonchev–Trinajstić information content (AvgIpc) is 2.73. The normalized spacial score (nSPS) is 11.2. The van der Waals surface area contributed by atoms with Crippen molar-refractivity contribution in [3.63, 3.8) is 0 Å². The summed E-state index contributed by atoms with van der Waals surface area (Å²) >= 11 is 0. The number of rotatable bonds is 4. The predicted molar refractivity (Wildman–Crippen MR) is 103 cm³/mol. The molecule has 7 heteroatoms. The first kappa shape index (κ1) is 17.4. The molecule has 0 bridgehead atoms. The van der Waals surface area contributed by atoms with Crippen LogP contribution < -0.4 is 5.56 Å². The van der Waals surface area contributed by atoms with Gasteiger partial charge in [-0.05, 0) is 23.8 Å². The number of nitrogens with zero attached hydrogens (tertiary/aromatic N) is 3. The zero-order valence-electron chi connectivity index (χ0n) is 14.5. The largest absolute Gasteiger partial charge is 0.306 e. The van der Waals surface area contributed by atoms with Gasteiger partial charge in [-0.2, -0.15) is 0 Å². The van der Waals surface area contributed by atoms with Crippen LogP contribution in [0.15, 0.2) is 72.2 Å². The first-order valence-electron chi connectivity index (χ1n) is 8.38. The highest BCUT2D eigenvalue weighted by Crippen LogP contribution is 2.29. The zero-order valence-corrected chi connectivity index (χ0v) is 14.5. The van der Waals surface area contributed by atoms with Gasteiger partial charge in [0.15, 0.2) is 5.78 Å². The second-order valence-corrected chi connectivity index (χ2v) is 5.99. The molecule has 4 aromatic rings. The lowest BCUT2D eigenvalue weighted by atomic mass is 9.95. The van der Waals surface area contributed by atoms with Crippen LogP contribution in [-0.4, -0.2) is 25.7 Å². The third kappa shape index (κ3) is 3.33. The second-order valence-electron chi connectivity index (χ2n) is 5.99. The second kappa shape index (κ2) is 7.32. The van der Waals surface area contributed by atoms with E-state index in [1.165, 1.54) is 24.5 Å². The number of benzene rings is 1. The van der Waals surface area contributed by atoms with Gasteiger partial charge in [-0.1, -0.05) is 30.3 Å². The fourth-order valence-electron chi connectivity index (χ4n) is 2.94. The minimum absolute atomic E-state index is 0.0841. The molecule has 0 spiro atoms. The Morgan fingerprint density at radius 2 is 1.82 bits per heavy atom. The Kier molecular flexibility index (Phi) is 4.55. The van der Waals surface area contributed by atoms with Gasteiger partial charge in [0.25, 0.3) is 5.56 Å². The van der Waals surface area contributed by atoms with E-state index in [2.05, 4.69) is 19.9 Å². The van der Waals surface area contributed by atoms with Crippen molar-refractivity contribution in [2.24, 2.45) is 0 Å². The fraction of sp³-hybridized carbons (Fsp3) is 0. The number of allylic oxidation sites excluding steroid dienone is 1. The monoisotopic (exact) mass is 372 g/mol. The van der Waals surface area contributed by atoms with Gasteiger partial charge in [0.2, 0.25) is 0 Å². The highest BCUT2D eigenvalue weighted by Gasteiger charge is 2.20. The van der Waals surface area contributed by atoms with Crippen molar-refractivity contribution >= 4 is 22.9 Å². The number of pyridine rings is 2. The van der Waals surface area contributed by atoms with E-state index >= 15 is 0 Å². The Bertz CT molecular complexity index is 1250. The topological polar surface area (TPSA) is 88.6 Å². The van der Waals surface area contributed by atoms with Gasteiger partial charge in [0, 0.05) is 28.9 Å². The molecule has 0 atom stereocenters. The third-order valence-electron chi connectivity index (χ3n) is 4.15. The number of hydrogen-bond donors (Lipinski definition) is 1. The maximum Gasteiger partial charge on any atom is 0.261 e. The highest BCUT2D eigenvalue weighted by atomic mass is 19.1. The summed E-state index contributed by atoms with van der Waals surface area (Å²) in [5.74, 6) is -1.08. The minimum atomic E-state index is -0.593. The van der Waals surface area contributed by atoms with Gasteiger partial charge in [0.05, 0.1) is 11.8 Å². The quantitative estimate of drug-likeness (QED) is 0.438. The predicted octanol–water partition coefficient (Wildman–Crippen LogP) is 3.42. The molecule has 0 saturated carbocycles. The van der Waals surface area contributed by atoms with Gasteiger partial charge < -0.3 is 4.98 Å². The smallest absolute Gasteiger partial charge is 0.261 e. The Labute approximate surface area is 158 Å². The van der Waals surface area contributed by atoms with Crippen LogP contribution >= 0.6 is 0 Å². The maximum atomic E-state index is 13.9. The van der Waals surface area contributed by atoms with E-state index in [1.54, 1.807) is 36.7 Å². The molecule has 28 heavy (non-hydrogen) atoms. The molecule has 6 nitrogen and oxygen atoms in total. The Balaban J connectivity index is 1.95. The van der Waals surface area contributed by atoms with Gasteiger partial charge in [-0.15, -0.1) is 0 Å². The van der Waals surface area contributed by atoms with Gasteiger partial charge in [-0.3, -0.25) is 9.59 Å². The number of nitrogens with one attached hydrogen (secondary N) is 1. The summed E-state index contributed by atoms with van der Waals surface area (Å²) < 4.78 is 13.9. The number of H-pyrrole nitrogens is 1. The molecule has 0 saturated heterocycles. The molecule has 1 aromatic carbocycles. The van der Waals surface area contributed by atoms with E-state index in [9.17, 15) is 14.0 Å². The number of carbonyl (C=O) groups is 1. The van der Waals surface area contributed by atoms with E-state index in [0.717, 1.165) is 6.20 Å². The number of halogens is 1. The summed E-state index contributed by atoms with van der Waals surface area (Å²) in [5.41, 5.74) is 1.10. The molecule has 136 valence electrons. The van der Waals surface area contributed by atoms with Crippen LogP contribution in [-0.2, 0) is 0 Å². The number of aromatic nitrogens is 4. The van der Waals surface area contributed by atoms with E-state index in [1.807, 2.05) is 6.07 Å². The molecule has 0 unspecified atom stereocenters. The molecule has 3 heterocycles. The van der Waals surface area contributed by atoms with E-state index in [0.29, 0.717) is 22.1 Å². The lowest BCUT2D eigenvalue weighted by Crippen LogP contribution is -2.19. The first-order valence-corrected chi connectivity index (χ1v) is 8.38. The van der Waals surface area contributed by atoms with E-state index < -0.39 is 17.2 Å². The van der Waals surface area contributed by atoms with Crippen molar-refractivity contribution in [1.29, 1.82) is 0 Å². The maximum absolute atomic E-state index is 13.9. The van der Waals surface area contributed by atoms with Crippen LogP contribution in [0.1, 0.15) is 15.9 Å². The van der Waals surface area contributed by atoms with Crippen LogP contribution in [0.4, 0.5) is 4.39 Å². The molecule has 0 radical (unpaired) electrons. The summed E-state index contributed by atoms with van der Waals surface area (Å²) in [6.07, 6.45) is 8.27. The molecule has 0 fully saturated rings. The summed E-state index contributed by atoms with van der Waals surface area (Å²) in [7, 11) is 0. The zero-order chi connectivity index (χ0) is 19.5. The Hall–Kier alpha value is -4.00. The molecule has 1 N–H and O–H groups in total. The molecular formula is C21H13FN4O2. The van der Waals surface area contributed by atoms with Crippen molar-refractivity contribution in [3.8, 4) is 11.1 Å². The molecule has 0 aliphatic carbocycles. The number of aromatic amines is 1. The highest BCUT2D eigenvalue weighted by molar-refractivity contribution is 6.14. The summed E-state index contributed by atoms with van der Waals surface area (Å²) in [6, 6.07) is 10.1. The minimum Gasteiger partial charge on any atom is -0.306 e.